The molecule has 0 heterocycles. The van der Waals surface area contributed by atoms with Crippen molar-refractivity contribution in [1.82, 2.24) is 0 Å². The number of aldehydes is 1. The molecule has 0 unspecified atom stereocenters. The molecule has 0 amide bonds. The number of hydrogen-bond acceptors (Lipinski definition) is 3. The Bertz CT molecular complexity index is 385. The van der Waals surface area contributed by atoms with Crippen molar-refractivity contribution >= 4 is 28.0 Å². The molecule has 0 saturated carbocycles. The molecule has 0 aliphatic heterocycles. The van der Waals surface area contributed by atoms with Crippen molar-refractivity contribution < 1.29 is 14.3 Å². The van der Waals surface area contributed by atoms with Gasteiger partial charge in [-0.3, -0.25) is 9.59 Å². The van der Waals surface area contributed by atoms with E-state index in [1.54, 1.807) is 12.1 Å². The van der Waals surface area contributed by atoms with E-state index in [1.807, 2.05) is 0 Å². The van der Waals surface area contributed by atoms with E-state index in [2.05, 4.69) is 15.9 Å². The van der Waals surface area contributed by atoms with Gasteiger partial charge in [-0.2, -0.15) is 0 Å². The number of methoxy groups -OCH3 is 1. The van der Waals surface area contributed by atoms with E-state index in [9.17, 15) is 9.59 Å². The van der Waals surface area contributed by atoms with Gasteiger partial charge in [0.05, 0.1) is 12.7 Å². The number of carbonyl (C=O) groups excluding carboxylic acids is 2. The molecule has 3 nitrogen and oxygen atoms in total. The Hall–Kier alpha value is -1.16. The Morgan fingerprint density at radius 3 is 2.57 bits per heavy atom. The molecule has 0 bridgehead atoms. The minimum atomic E-state index is -0.141. The Kier molecular flexibility index (Phi) is 3.41. The molecule has 0 radical (unpaired) electrons. The lowest BCUT2D eigenvalue weighted by atomic mass is 10.1. The van der Waals surface area contributed by atoms with Crippen LogP contribution in [0.1, 0.15) is 27.6 Å². The van der Waals surface area contributed by atoms with Crippen LogP contribution >= 0.6 is 15.9 Å². The second kappa shape index (κ2) is 4.37. The normalized spacial score (nSPS) is 9.64. The molecule has 1 aromatic carbocycles. The highest BCUT2D eigenvalue weighted by Gasteiger charge is 2.15. The van der Waals surface area contributed by atoms with Crippen molar-refractivity contribution in [3.63, 3.8) is 0 Å². The summed E-state index contributed by atoms with van der Waals surface area (Å²) in [4.78, 5) is 21.9. The number of carbonyl (C=O) groups is 2. The van der Waals surface area contributed by atoms with E-state index in [4.69, 9.17) is 4.74 Å². The van der Waals surface area contributed by atoms with Crippen LogP contribution in [0.25, 0.3) is 0 Å². The molecule has 0 fully saturated rings. The Labute approximate surface area is 90.2 Å². The second-order valence-electron chi connectivity index (χ2n) is 2.72. The quantitative estimate of drug-likeness (QED) is 0.617. The first kappa shape index (κ1) is 10.9. The van der Waals surface area contributed by atoms with Gasteiger partial charge in [0.15, 0.2) is 12.1 Å². The van der Waals surface area contributed by atoms with Gasteiger partial charge in [-0.05, 0) is 35.0 Å². The van der Waals surface area contributed by atoms with Crippen molar-refractivity contribution in [1.29, 1.82) is 0 Å². The zero-order chi connectivity index (χ0) is 10.7. The summed E-state index contributed by atoms with van der Waals surface area (Å²) in [6.45, 7) is 1.43. The molecule has 1 rings (SSSR count). The van der Waals surface area contributed by atoms with E-state index in [0.29, 0.717) is 27.6 Å². The first-order valence-corrected chi connectivity index (χ1v) is 4.73. The summed E-state index contributed by atoms with van der Waals surface area (Å²) < 4.78 is 5.51. The van der Waals surface area contributed by atoms with Crippen LogP contribution in [0, 0.1) is 0 Å². The first-order valence-electron chi connectivity index (χ1n) is 3.94. The summed E-state index contributed by atoms with van der Waals surface area (Å²) in [5, 5.41) is 0. The highest BCUT2D eigenvalue weighted by Crippen LogP contribution is 2.29. The van der Waals surface area contributed by atoms with Crippen molar-refractivity contribution in [2.75, 3.05) is 7.11 Å². The molecule has 1 aromatic rings. The van der Waals surface area contributed by atoms with Crippen LogP contribution in [0.5, 0.6) is 5.75 Å². The third-order valence-corrected chi connectivity index (χ3v) is 2.69. The maximum absolute atomic E-state index is 11.3. The van der Waals surface area contributed by atoms with Gasteiger partial charge in [-0.15, -0.1) is 0 Å². The molecule has 14 heavy (non-hydrogen) atoms. The fourth-order valence-electron chi connectivity index (χ4n) is 1.16. The summed E-state index contributed by atoms with van der Waals surface area (Å²) >= 11 is 3.20. The van der Waals surface area contributed by atoms with Crippen molar-refractivity contribution in [2.45, 2.75) is 6.92 Å². The van der Waals surface area contributed by atoms with Gasteiger partial charge in [0.2, 0.25) is 0 Å². The fraction of sp³-hybridized carbons (Fsp3) is 0.200. The van der Waals surface area contributed by atoms with Crippen molar-refractivity contribution in [2.24, 2.45) is 0 Å². The maximum Gasteiger partial charge on any atom is 0.164 e. The van der Waals surface area contributed by atoms with E-state index < -0.39 is 0 Å². The molecule has 4 heteroatoms. The molecule has 0 aromatic heterocycles. The molecule has 0 atom stereocenters. The fourth-order valence-corrected chi connectivity index (χ4v) is 1.86. The number of ether oxygens (including phenoxy) is 1. The predicted molar refractivity (Wildman–Crippen MR) is 56.1 cm³/mol. The molecule has 0 spiro atoms. The van der Waals surface area contributed by atoms with Crippen LogP contribution in [0.15, 0.2) is 16.6 Å². The van der Waals surface area contributed by atoms with Crippen molar-refractivity contribution in [3.8, 4) is 5.75 Å². The van der Waals surface area contributed by atoms with E-state index in [0.717, 1.165) is 0 Å². The van der Waals surface area contributed by atoms with Gasteiger partial charge in [0, 0.05) is 10.0 Å². The predicted octanol–water partition coefficient (Wildman–Crippen LogP) is 2.47. The second-order valence-corrected chi connectivity index (χ2v) is 3.51. The topological polar surface area (TPSA) is 43.4 Å². The molecule has 0 saturated heterocycles. The van der Waals surface area contributed by atoms with Crippen LogP contribution in [0.2, 0.25) is 0 Å². The Balaban J connectivity index is 3.46. The number of benzene rings is 1. The monoisotopic (exact) mass is 256 g/mol. The Morgan fingerprint density at radius 1 is 1.50 bits per heavy atom. The van der Waals surface area contributed by atoms with Crippen LogP contribution in [-0.2, 0) is 0 Å². The number of ketones is 1. The third kappa shape index (κ3) is 1.85. The largest absolute Gasteiger partial charge is 0.496 e. The van der Waals surface area contributed by atoms with Gasteiger partial charge in [0.1, 0.15) is 5.75 Å². The zero-order valence-corrected chi connectivity index (χ0v) is 9.42. The molecule has 0 N–H and O–H groups in total. The van der Waals surface area contributed by atoms with E-state index in [-0.39, 0.29) is 5.78 Å². The number of Topliss-reactive ketones (excluding diaryl/α,β-unsaturated/α-hetero) is 1. The third-order valence-electron chi connectivity index (χ3n) is 1.83. The van der Waals surface area contributed by atoms with Gasteiger partial charge >= 0.3 is 0 Å². The summed E-state index contributed by atoms with van der Waals surface area (Å²) in [6.07, 6.45) is 0.690. The van der Waals surface area contributed by atoms with Crippen LogP contribution < -0.4 is 4.74 Å². The van der Waals surface area contributed by atoms with Crippen molar-refractivity contribution in [3.05, 3.63) is 27.7 Å². The van der Waals surface area contributed by atoms with Gasteiger partial charge in [-0.25, -0.2) is 0 Å². The molecule has 0 aliphatic carbocycles. The Morgan fingerprint density at radius 2 is 2.14 bits per heavy atom. The molecular formula is C10H9BrO3. The van der Waals surface area contributed by atoms with Gasteiger partial charge < -0.3 is 4.74 Å². The first-order chi connectivity index (χ1) is 6.61. The van der Waals surface area contributed by atoms with Gasteiger partial charge in [-0.1, -0.05) is 0 Å². The highest BCUT2D eigenvalue weighted by atomic mass is 79.9. The number of rotatable bonds is 3. The van der Waals surface area contributed by atoms with E-state index >= 15 is 0 Å². The van der Waals surface area contributed by atoms with E-state index in [1.165, 1.54) is 14.0 Å². The SMILES string of the molecule is COc1ccc(C=O)c(Br)c1C(C)=O. The lowest BCUT2D eigenvalue weighted by Crippen LogP contribution is -2.01. The standard InChI is InChI=1S/C10H9BrO3/c1-6(13)9-8(14-2)4-3-7(5-12)10(9)11/h3-5H,1-2H3. The molecule has 0 aliphatic rings. The molecular weight excluding hydrogens is 248 g/mol. The minimum Gasteiger partial charge on any atom is -0.496 e. The van der Waals surface area contributed by atoms with Crippen LogP contribution in [0.4, 0.5) is 0 Å². The summed E-state index contributed by atoms with van der Waals surface area (Å²) in [6, 6.07) is 3.20. The summed E-state index contributed by atoms with van der Waals surface area (Å²) in [5.74, 6) is 0.326. The lowest BCUT2D eigenvalue weighted by Gasteiger charge is -2.08. The summed E-state index contributed by atoms with van der Waals surface area (Å²) in [7, 11) is 1.48. The zero-order valence-electron chi connectivity index (χ0n) is 7.83. The van der Waals surface area contributed by atoms with Crippen LogP contribution in [-0.4, -0.2) is 19.2 Å². The highest BCUT2D eigenvalue weighted by molar-refractivity contribution is 9.10. The average molecular weight is 257 g/mol. The minimum absolute atomic E-state index is 0.141. The number of hydrogen-bond donors (Lipinski definition) is 0. The van der Waals surface area contributed by atoms with Crippen LogP contribution in [0.3, 0.4) is 0 Å². The molecule has 74 valence electrons. The smallest absolute Gasteiger partial charge is 0.164 e. The average Bonchev–Trinajstić information content (AvgIpc) is 2.16. The maximum atomic E-state index is 11.3. The number of halogens is 1. The summed E-state index contributed by atoms with van der Waals surface area (Å²) in [5.41, 5.74) is 0.841. The lowest BCUT2D eigenvalue weighted by molar-refractivity contribution is 0.101. The van der Waals surface area contributed by atoms with Gasteiger partial charge in [0.25, 0.3) is 0 Å².